The van der Waals surface area contributed by atoms with Crippen LogP contribution in [0.2, 0.25) is 0 Å². The Labute approximate surface area is 279 Å². The molecule has 250 valence electrons. The van der Waals surface area contributed by atoms with Gasteiger partial charge in [-0.3, -0.25) is 4.79 Å². The van der Waals surface area contributed by atoms with E-state index in [0.717, 1.165) is 5.56 Å². The molecule has 0 saturated carbocycles. The fourth-order valence-corrected chi connectivity index (χ4v) is 5.39. The predicted molar refractivity (Wildman–Crippen MR) is 181 cm³/mol. The third-order valence-electron chi connectivity index (χ3n) is 8.08. The van der Waals surface area contributed by atoms with E-state index in [4.69, 9.17) is 24.7 Å². The van der Waals surface area contributed by atoms with E-state index in [2.05, 4.69) is 0 Å². The Morgan fingerprint density at radius 2 is 1.60 bits per heavy atom. The van der Waals surface area contributed by atoms with Gasteiger partial charge in [-0.2, -0.15) is 0 Å². The summed E-state index contributed by atoms with van der Waals surface area (Å²) in [6, 6.07) is 19.6. The maximum Gasteiger partial charge on any atom is 0.347 e. The maximum atomic E-state index is 13.1. The maximum absolute atomic E-state index is 13.1. The van der Waals surface area contributed by atoms with Crippen molar-refractivity contribution < 1.29 is 43.9 Å². The highest BCUT2D eigenvalue weighted by atomic mass is 16.5. The molecule has 10 nitrogen and oxygen atoms in total. The van der Waals surface area contributed by atoms with E-state index in [0.29, 0.717) is 46.2 Å². The quantitative estimate of drug-likeness (QED) is 0.0808. The Morgan fingerprint density at radius 3 is 2.29 bits per heavy atom. The minimum Gasteiger partial charge on any atom is -0.507 e. The highest BCUT2D eigenvalue weighted by Crippen LogP contribution is 2.41. The second-order valence-corrected chi connectivity index (χ2v) is 12.7. The van der Waals surface area contributed by atoms with Gasteiger partial charge in [0.15, 0.2) is 5.78 Å². The number of Topliss-reactive ketones (excluding diaryl/α,β-unsaturated/α-hetero) is 1. The average Bonchev–Trinajstić information content (AvgIpc) is 3.01. The van der Waals surface area contributed by atoms with Crippen molar-refractivity contribution in [2.24, 2.45) is 0 Å². The molecule has 0 radical (unpaired) electrons. The summed E-state index contributed by atoms with van der Waals surface area (Å²) in [5, 5.41) is 30.4. The van der Waals surface area contributed by atoms with Gasteiger partial charge in [0.25, 0.3) is 0 Å². The van der Waals surface area contributed by atoms with Gasteiger partial charge >= 0.3 is 5.97 Å². The van der Waals surface area contributed by atoms with Crippen LogP contribution in [0.4, 0.5) is 5.69 Å². The van der Waals surface area contributed by atoms with E-state index < -0.39 is 23.3 Å². The van der Waals surface area contributed by atoms with Gasteiger partial charge in [0, 0.05) is 36.2 Å². The number of ketones is 1. The Balaban J connectivity index is 0.000000224. The standard InChI is InChI=1S/C25H28O6.C13H11NO3/c1-24(2)9-8-16-20(30-24)7-6-14(23(16)29-5)11-18(26)17-10-15-12-22(28)25(3,4)31-21(15)13-19(17)27;14-9-6-7-11(12(15)8-9)13(16)17-10-4-2-1-3-5-10/h6-10,13,22,27-28H,11-12H2,1-5H3;1-8,15H,14H2. The molecule has 6 rings (SSSR count). The Morgan fingerprint density at radius 1 is 0.896 bits per heavy atom. The average molecular weight is 654 g/mol. The van der Waals surface area contributed by atoms with Crippen LogP contribution in [0.1, 0.15) is 65.1 Å². The lowest BCUT2D eigenvalue weighted by molar-refractivity contribution is -0.0412. The first-order valence-corrected chi connectivity index (χ1v) is 15.4. The van der Waals surface area contributed by atoms with E-state index in [1.54, 1.807) is 51.3 Å². The van der Waals surface area contributed by atoms with Crippen molar-refractivity contribution in [3.63, 3.8) is 0 Å². The Kier molecular flexibility index (Phi) is 9.40. The molecule has 2 heterocycles. The lowest BCUT2D eigenvalue weighted by atomic mass is 9.89. The number of methoxy groups -OCH3 is 1. The number of nitrogen functional groups attached to an aromatic ring is 1. The third kappa shape index (κ3) is 7.39. The van der Waals surface area contributed by atoms with Crippen molar-refractivity contribution in [3.8, 4) is 34.5 Å². The number of hydrogen-bond donors (Lipinski definition) is 4. The van der Waals surface area contributed by atoms with Crippen LogP contribution in [0.5, 0.6) is 34.5 Å². The summed E-state index contributed by atoms with van der Waals surface area (Å²) in [4.78, 5) is 24.8. The first-order chi connectivity index (χ1) is 22.7. The Hall–Kier alpha value is -5.48. The zero-order chi connectivity index (χ0) is 34.8. The van der Waals surface area contributed by atoms with Crippen molar-refractivity contribution in [1.29, 1.82) is 0 Å². The van der Waals surface area contributed by atoms with Gasteiger partial charge in [0.1, 0.15) is 51.3 Å². The van der Waals surface area contributed by atoms with Crippen molar-refractivity contribution in [2.45, 2.75) is 57.8 Å². The molecule has 0 fully saturated rings. The van der Waals surface area contributed by atoms with Gasteiger partial charge < -0.3 is 40.0 Å². The molecule has 0 aliphatic carbocycles. The van der Waals surface area contributed by atoms with Crippen LogP contribution >= 0.6 is 0 Å². The largest absolute Gasteiger partial charge is 0.507 e. The molecule has 0 saturated heterocycles. The number of carbonyl (C=O) groups is 2. The summed E-state index contributed by atoms with van der Waals surface area (Å²) in [6.07, 6.45) is 3.59. The molecule has 0 aromatic heterocycles. The molecular weight excluding hydrogens is 614 g/mol. The van der Waals surface area contributed by atoms with Gasteiger partial charge in [-0.15, -0.1) is 0 Å². The van der Waals surface area contributed by atoms with Crippen molar-refractivity contribution in [3.05, 3.63) is 107 Å². The smallest absolute Gasteiger partial charge is 0.347 e. The van der Waals surface area contributed by atoms with E-state index in [9.17, 15) is 24.9 Å². The molecule has 0 spiro atoms. The van der Waals surface area contributed by atoms with Crippen LogP contribution in [0.15, 0.2) is 78.9 Å². The topological polar surface area (TPSA) is 158 Å². The number of anilines is 1. The van der Waals surface area contributed by atoms with Crippen molar-refractivity contribution >= 4 is 23.5 Å². The van der Waals surface area contributed by atoms with Gasteiger partial charge in [-0.05, 0) is 81.8 Å². The molecule has 0 amide bonds. The molecule has 2 aliphatic rings. The summed E-state index contributed by atoms with van der Waals surface area (Å²) in [5.41, 5.74) is 7.16. The fraction of sp³-hybridized carbons (Fsp3) is 0.263. The fourth-order valence-electron chi connectivity index (χ4n) is 5.39. The summed E-state index contributed by atoms with van der Waals surface area (Å²) in [5.74, 6) is 0.993. The number of benzene rings is 4. The minimum absolute atomic E-state index is 0.0505. The van der Waals surface area contributed by atoms with E-state index in [1.807, 2.05) is 44.2 Å². The van der Waals surface area contributed by atoms with Crippen molar-refractivity contribution in [2.75, 3.05) is 12.8 Å². The second-order valence-electron chi connectivity index (χ2n) is 12.7. The number of phenolic OH excluding ortho intramolecular Hbond substituents is 2. The number of aliphatic hydroxyl groups is 1. The molecule has 1 unspecified atom stereocenters. The van der Waals surface area contributed by atoms with Crippen molar-refractivity contribution in [1.82, 2.24) is 0 Å². The van der Waals surface area contributed by atoms with Gasteiger partial charge in [0.2, 0.25) is 0 Å². The zero-order valence-electron chi connectivity index (χ0n) is 27.4. The second kappa shape index (κ2) is 13.3. The summed E-state index contributed by atoms with van der Waals surface area (Å²) in [7, 11) is 1.56. The van der Waals surface area contributed by atoms with Gasteiger partial charge in [-0.25, -0.2) is 4.79 Å². The molecule has 5 N–H and O–H groups in total. The molecule has 4 aromatic carbocycles. The highest BCUT2D eigenvalue weighted by molar-refractivity contribution is 6.01. The zero-order valence-corrected chi connectivity index (χ0v) is 27.4. The first-order valence-electron chi connectivity index (χ1n) is 15.4. The number of ether oxygens (including phenoxy) is 4. The third-order valence-corrected chi connectivity index (χ3v) is 8.08. The number of hydrogen-bond acceptors (Lipinski definition) is 10. The number of nitrogens with two attached hydrogens (primary N) is 1. The summed E-state index contributed by atoms with van der Waals surface area (Å²) in [6.45, 7) is 7.52. The Bertz CT molecular complexity index is 1880. The van der Waals surface area contributed by atoms with Crippen LogP contribution < -0.4 is 24.7 Å². The predicted octanol–water partition coefficient (Wildman–Crippen LogP) is 6.28. The summed E-state index contributed by atoms with van der Waals surface area (Å²) < 4.78 is 22.5. The van der Waals surface area contributed by atoms with Gasteiger partial charge in [0.05, 0.1) is 24.3 Å². The normalized spacial score (nSPS) is 16.5. The number of fused-ring (bicyclic) bond motifs is 2. The van der Waals surface area contributed by atoms with E-state index >= 15 is 0 Å². The molecule has 48 heavy (non-hydrogen) atoms. The van der Waals surface area contributed by atoms with Crippen LogP contribution in [0.25, 0.3) is 6.08 Å². The van der Waals surface area contributed by atoms with Gasteiger partial charge in [-0.1, -0.05) is 24.3 Å². The number of aliphatic hydroxyl groups excluding tert-OH is 1. The van der Waals surface area contributed by atoms with Crippen LogP contribution in [0, 0.1) is 0 Å². The molecular formula is C38H39NO9. The molecule has 0 bridgehead atoms. The SMILES string of the molecule is COc1c(CC(=O)c2cc3c(cc2O)OC(C)(C)C(O)C3)ccc2c1C=CC(C)(C)O2.Nc1ccc(C(=O)Oc2ccccc2)c(O)c1. The van der Waals surface area contributed by atoms with E-state index in [-0.39, 0.29) is 34.8 Å². The van der Waals surface area contributed by atoms with Crippen LogP contribution in [-0.4, -0.2) is 51.5 Å². The molecule has 1 atom stereocenters. The van der Waals surface area contributed by atoms with E-state index in [1.165, 1.54) is 24.3 Å². The number of para-hydroxylation sites is 1. The first kappa shape index (κ1) is 33.9. The molecule has 10 heteroatoms. The highest BCUT2D eigenvalue weighted by Gasteiger charge is 2.36. The van der Waals surface area contributed by atoms with Crippen LogP contribution in [-0.2, 0) is 12.8 Å². The monoisotopic (exact) mass is 653 g/mol. The number of carbonyl (C=O) groups excluding carboxylic acids is 2. The molecule has 2 aliphatic heterocycles. The number of aromatic hydroxyl groups is 2. The minimum atomic E-state index is -0.758. The molecule has 4 aromatic rings. The number of phenols is 2. The van der Waals surface area contributed by atoms with Crippen LogP contribution in [0.3, 0.4) is 0 Å². The lowest BCUT2D eigenvalue weighted by Crippen LogP contribution is -2.46. The lowest BCUT2D eigenvalue weighted by Gasteiger charge is -2.37. The number of rotatable bonds is 6. The summed E-state index contributed by atoms with van der Waals surface area (Å²) >= 11 is 0. The number of esters is 1.